The minimum atomic E-state index is -1.48. The summed E-state index contributed by atoms with van der Waals surface area (Å²) >= 11 is 0. The van der Waals surface area contributed by atoms with Crippen LogP contribution in [0.15, 0.2) is 16.5 Å². The van der Waals surface area contributed by atoms with Gasteiger partial charge < -0.3 is 19.9 Å². The summed E-state index contributed by atoms with van der Waals surface area (Å²) in [5.74, 6) is -3.04. The third-order valence-electron chi connectivity index (χ3n) is 1.95. The van der Waals surface area contributed by atoms with Crippen molar-refractivity contribution in [1.29, 1.82) is 0 Å². The summed E-state index contributed by atoms with van der Waals surface area (Å²) in [6.45, 7) is 1.63. The molecule has 0 unspecified atom stereocenters. The third-order valence-corrected chi connectivity index (χ3v) is 1.95. The molecule has 0 aliphatic rings. The lowest BCUT2D eigenvalue weighted by Gasteiger charge is -2.10. The minimum absolute atomic E-state index is 0.0564. The molecule has 1 amide bonds. The van der Waals surface area contributed by atoms with Crippen molar-refractivity contribution in [3.8, 4) is 0 Å². The van der Waals surface area contributed by atoms with Gasteiger partial charge in [-0.25, -0.2) is 4.79 Å². The van der Waals surface area contributed by atoms with E-state index in [1.54, 1.807) is 13.0 Å². The average Bonchev–Trinajstić information content (AvgIpc) is 2.63. The molecule has 7 heteroatoms. The van der Waals surface area contributed by atoms with E-state index >= 15 is 0 Å². The second kappa shape index (κ2) is 5.15. The van der Waals surface area contributed by atoms with Crippen LogP contribution in [0.25, 0.3) is 0 Å². The predicted octanol–water partition coefficient (Wildman–Crippen LogP) is 0.246. The first-order valence-electron chi connectivity index (χ1n) is 4.72. The zero-order valence-electron chi connectivity index (χ0n) is 8.97. The summed E-state index contributed by atoms with van der Waals surface area (Å²) in [5, 5.41) is 19.3. The molecule has 0 aliphatic carbocycles. The van der Waals surface area contributed by atoms with Gasteiger partial charge in [-0.1, -0.05) is 0 Å². The fraction of sp³-hybridized carbons (Fsp3) is 0.300. The van der Waals surface area contributed by atoms with Gasteiger partial charge in [-0.2, -0.15) is 0 Å². The fourth-order valence-electron chi connectivity index (χ4n) is 1.16. The monoisotopic (exact) mass is 241 g/mol. The van der Waals surface area contributed by atoms with Gasteiger partial charge in [0.2, 0.25) is 0 Å². The highest BCUT2D eigenvalue weighted by Gasteiger charge is 2.24. The highest BCUT2D eigenvalue weighted by Crippen LogP contribution is 2.06. The van der Waals surface area contributed by atoms with Crippen LogP contribution >= 0.6 is 0 Å². The molecule has 0 aliphatic heterocycles. The lowest BCUT2D eigenvalue weighted by Crippen LogP contribution is -2.42. The van der Waals surface area contributed by atoms with Crippen LogP contribution in [-0.2, 0) is 9.59 Å². The van der Waals surface area contributed by atoms with Crippen LogP contribution in [-0.4, -0.2) is 34.1 Å². The summed E-state index contributed by atoms with van der Waals surface area (Å²) in [6, 6.07) is 1.44. The van der Waals surface area contributed by atoms with Gasteiger partial charge in [0.1, 0.15) is 11.8 Å². The summed E-state index contributed by atoms with van der Waals surface area (Å²) < 4.78 is 4.98. The van der Waals surface area contributed by atoms with Crippen molar-refractivity contribution in [2.75, 3.05) is 0 Å². The van der Waals surface area contributed by atoms with Gasteiger partial charge in [0.05, 0.1) is 6.42 Å². The van der Waals surface area contributed by atoms with E-state index in [0.29, 0.717) is 5.76 Å². The van der Waals surface area contributed by atoms with E-state index in [4.69, 9.17) is 14.6 Å². The van der Waals surface area contributed by atoms with Crippen molar-refractivity contribution in [1.82, 2.24) is 5.32 Å². The van der Waals surface area contributed by atoms with Crippen molar-refractivity contribution in [3.63, 3.8) is 0 Å². The van der Waals surface area contributed by atoms with E-state index < -0.39 is 30.3 Å². The van der Waals surface area contributed by atoms with Gasteiger partial charge in [0.15, 0.2) is 5.76 Å². The Hall–Kier alpha value is -2.31. The largest absolute Gasteiger partial charge is 0.481 e. The second-order valence-electron chi connectivity index (χ2n) is 3.37. The number of aryl methyl sites for hydroxylation is 1. The number of amides is 1. The molecule has 1 atom stereocenters. The molecule has 1 aromatic rings. The van der Waals surface area contributed by atoms with E-state index in [-0.39, 0.29) is 5.76 Å². The van der Waals surface area contributed by atoms with Crippen molar-refractivity contribution >= 4 is 17.8 Å². The number of furan rings is 1. The molecule has 0 saturated heterocycles. The Morgan fingerprint density at radius 2 is 2.00 bits per heavy atom. The molecule has 1 rings (SSSR count). The van der Waals surface area contributed by atoms with Crippen LogP contribution < -0.4 is 5.32 Å². The molecule has 0 spiro atoms. The molecule has 0 aromatic carbocycles. The van der Waals surface area contributed by atoms with E-state index in [9.17, 15) is 14.4 Å². The maximum atomic E-state index is 11.5. The van der Waals surface area contributed by atoms with Crippen molar-refractivity contribution in [3.05, 3.63) is 23.7 Å². The molecule has 0 saturated carbocycles. The molecule has 17 heavy (non-hydrogen) atoms. The lowest BCUT2D eigenvalue weighted by molar-refractivity contribution is -0.145. The van der Waals surface area contributed by atoms with Gasteiger partial charge in [0, 0.05) is 0 Å². The van der Waals surface area contributed by atoms with Crippen molar-refractivity contribution < 1.29 is 29.0 Å². The van der Waals surface area contributed by atoms with Crippen molar-refractivity contribution in [2.24, 2.45) is 0 Å². The quantitative estimate of drug-likeness (QED) is 0.680. The maximum Gasteiger partial charge on any atom is 0.326 e. The van der Waals surface area contributed by atoms with Gasteiger partial charge in [-0.05, 0) is 19.1 Å². The first-order chi connectivity index (χ1) is 7.90. The summed E-state index contributed by atoms with van der Waals surface area (Å²) in [4.78, 5) is 32.6. The number of carboxylic acid groups (broad SMARTS) is 2. The predicted molar refractivity (Wildman–Crippen MR) is 54.6 cm³/mol. The molecule has 0 radical (unpaired) electrons. The van der Waals surface area contributed by atoms with Crippen LogP contribution in [0.1, 0.15) is 22.7 Å². The van der Waals surface area contributed by atoms with Crippen LogP contribution in [0.2, 0.25) is 0 Å². The number of hydrogen-bond donors (Lipinski definition) is 3. The average molecular weight is 241 g/mol. The molecule has 92 valence electrons. The summed E-state index contributed by atoms with van der Waals surface area (Å²) in [6.07, 6.45) is -0.694. The lowest BCUT2D eigenvalue weighted by atomic mass is 10.2. The summed E-state index contributed by atoms with van der Waals surface area (Å²) in [5.41, 5.74) is 0. The highest BCUT2D eigenvalue weighted by molar-refractivity contribution is 5.95. The highest BCUT2D eigenvalue weighted by atomic mass is 16.4. The first kappa shape index (κ1) is 12.8. The molecule has 1 aromatic heterocycles. The second-order valence-corrected chi connectivity index (χ2v) is 3.37. The number of nitrogens with one attached hydrogen (secondary N) is 1. The Morgan fingerprint density at radius 1 is 1.35 bits per heavy atom. The molecule has 1 heterocycles. The molecule has 3 N–H and O–H groups in total. The van der Waals surface area contributed by atoms with Crippen LogP contribution in [0.3, 0.4) is 0 Å². The van der Waals surface area contributed by atoms with Gasteiger partial charge in [0.25, 0.3) is 5.91 Å². The number of carbonyl (C=O) groups is 3. The van der Waals surface area contributed by atoms with Gasteiger partial charge in [-0.15, -0.1) is 0 Å². The Kier molecular flexibility index (Phi) is 3.86. The Balaban J connectivity index is 2.70. The molecule has 0 bridgehead atoms. The summed E-state index contributed by atoms with van der Waals surface area (Å²) in [7, 11) is 0. The smallest absolute Gasteiger partial charge is 0.326 e. The minimum Gasteiger partial charge on any atom is -0.481 e. The topological polar surface area (TPSA) is 117 Å². The van der Waals surface area contributed by atoms with E-state index in [0.717, 1.165) is 0 Å². The Morgan fingerprint density at radius 3 is 2.41 bits per heavy atom. The van der Waals surface area contributed by atoms with Crippen molar-refractivity contribution in [2.45, 2.75) is 19.4 Å². The molecule has 7 nitrogen and oxygen atoms in total. The van der Waals surface area contributed by atoms with Crippen LogP contribution in [0, 0.1) is 6.92 Å². The zero-order chi connectivity index (χ0) is 13.0. The zero-order valence-corrected chi connectivity index (χ0v) is 8.97. The Labute approximate surface area is 96.0 Å². The number of carboxylic acids is 2. The first-order valence-corrected chi connectivity index (χ1v) is 4.72. The van der Waals surface area contributed by atoms with E-state index in [1.165, 1.54) is 6.07 Å². The number of rotatable bonds is 5. The molecular weight excluding hydrogens is 230 g/mol. The maximum absolute atomic E-state index is 11.5. The molecular formula is C10H11NO6. The fourth-order valence-corrected chi connectivity index (χ4v) is 1.16. The standard InChI is InChI=1S/C10H11NO6/c1-5-2-3-7(17-5)9(14)11-6(10(15)16)4-8(12)13/h2-3,6H,4H2,1H3,(H,11,14)(H,12,13)(H,15,16)/t6-/m0/s1. The number of aliphatic carboxylic acids is 2. The third kappa shape index (κ3) is 3.63. The number of hydrogen-bond acceptors (Lipinski definition) is 4. The van der Waals surface area contributed by atoms with Crippen LogP contribution in [0.4, 0.5) is 0 Å². The van der Waals surface area contributed by atoms with Gasteiger partial charge >= 0.3 is 11.9 Å². The van der Waals surface area contributed by atoms with Crippen LogP contribution in [0.5, 0.6) is 0 Å². The van der Waals surface area contributed by atoms with E-state index in [1.807, 2.05) is 0 Å². The normalized spacial score (nSPS) is 11.8. The SMILES string of the molecule is Cc1ccc(C(=O)N[C@@H](CC(=O)O)C(=O)O)o1. The Bertz CT molecular complexity index is 449. The molecule has 0 fully saturated rings. The van der Waals surface area contributed by atoms with E-state index in [2.05, 4.69) is 5.32 Å². The van der Waals surface area contributed by atoms with Gasteiger partial charge in [-0.3, -0.25) is 9.59 Å². The number of carbonyl (C=O) groups excluding carboxylic acids is 1.